The molecule has 0 saturated carbocycles. The van der Waals surface area contributed by atoms with Crippen LogP contribution < -0.4 is 5.32 Å². The van der Waals surface area contributed by atoms with E-state index in [9.17, 15) is 9.18 Å². The molecule has 0 bridgehead atoms. The summed E-state index contributed by atoms with van der Waals surface area (Å²) in [5.41, 5.74) is 1.01. The van der Waals surface area contributed by atoms with Crippen LogP contribution in [0.15, 0.2) is 24.3 Å². The minimum Gasteiger partial charge on any atom is -0.467 e. The lowest BCUT2D eigenvalue weighted by Crippen LogP contribution is -2.25. The highest BCUT2D eigenvalue weighted by Gasteiger charge is 2.29. The second-order valence-electron chi connectivity index (χ2n) is 4.24. The molecule has 1 aromatic carbocycles. The normalized spacial score (nSPS) is 23.0. The van der Waals surface area contributed by atoms with Crippen molar-refractivity contribution in [1.82, 2.24) is 5.32 Å². The molecule has 1 aromatic rings. The van der Waals surface area contributed by atoms with Gasteiger partial charge in [0.1, 0.15) is 12.4 Å². The monoisotopic (exact) mass is 253 g/mol. The second-order valence-corrected chi connectivity index (χ2v) is 4.24. The molecule has 5 heteroatoms. The van der Waals surface area contributed by atoms with Crippen LogP contribution in [0.5, 0.6) is 0 Å². The van der Waals surface area contributed by atoms with Crippen molar-refractivity contribution in [2.45, 2.75) is 12.0 Å². The third-order valence-corrected chi connectivity index (χ3v) is 3.10. The SMILES string of the molecule is COC(=O)CO[C@@H]1CNC[C@H]1c1ccc(F)cc1. The topological polar surface area (TPSA) is 47.6 Å². The fourth-order valence-electron chi connectivity index (χ4n) is 2.11. The summed E-state index contributed by atoms with van der Waals surface area (Å²) in [7, 11) is 1.33. The van der Waals surface area contributed by atoms with E-state index in [-0.39, 0.29) is 30.4 Å². The van der Waals surface area contributed by atoms with E-state index < -0.39 is 0 Å². The van der Waals surface area contributed by atoms with Gasteiger partial charge in [-0.15, -0.1) is 0 Å². The molecule has 0 spiro atoms. The first-order chi connectivity index (χ1) is 8.70. The Hall–Kier alpha value is -1.46. The molecule has 2 rings (SSSR count). The van der Waals surface area contributed by atoms with Gasteiger partial charge in [-0.25, -0.2) is 9.18 Å². The van der Waals surface area contributed by atoms with Gasteiger partial charge in [0.2, 0.25) is 0 Å². The van der Waals surface area contributed by atoms with Crippen LogP contribution in [0.25, 0.3) is 0 Å². The largest absolute Gasteiger partial charge is 0.467 e. The lowest BCUT2D eigenvalue weighted by atomic mass is 9.96. The van der Waals surface area contributed by atoms with Crippen LogP contribution in [0.1, 0.15) is 11.5 Å². The smallest absolute Gasteiger partial charge is 0.331 e. The van der Waals surface area contributed by atoms with Crippen molar-refractivity contribution in [1.29, 1.82) is 0 Å². The molecule has 0 aliphatic carbocycles. The first kappa shape index (κ1) is 13.0. The molecule has 0 amide bonds. The lowest BCUT2D eigenvalue weighted by Gasteiger charge is -2.19. The van der Waals surface area contributed by atoms with E-state index in [0.717, 1.165) is 12.1 Å². The summed E-state index contributed by atoms with van der Waals surface area (Å²) >= 11 is 0. The zero-order chi connectivity index (χ0) is 13.0. The van der Waals surface area contributed by atoms with Crippen molar-refractivity contribution in [2.24, 2.45) is 0 Å². The summed E-state index contributed by atoms with van der Waals surface area (Å²) in [6.45, 7) is 1.39. The maximum atomic E-state index is 12.9. The van der Waals surface area contributed by atoms with Gasteiger partial charge in [0.05, 0.1) is 13.2 Å². The fraction of sp³-hybridized carbons (Fsp3) is 0.462. The van der Waals surface area contributed by atoms with Gasteiger partial charge in [0, 0.05) is 19.0 Å². The quantitative estimate of drug-likeness (QED) is 0.815. The highest BCUT2D eigenvalue weighted by Crippen LogP contribution is 2.25. The van der Waals surface area contributed by atoms with Gasteiger partial charge in [0.15, 0.2) is 0 Å². The number of methoxy groups -OCH3 is 1. The zero-order valence-corrected chi connectivity index (χ0v) is 10.2. The molecule has 0 aromatic heterocycles. The number of benzene rings is 1. The number of esters is 1. The first-order valence-electron chi connectivity index (χ1n) is 5.85. The number of carbonyl (C=O) groups is 1. The van der Waals surface area contributed by atoms with Gasteiger partial charge in [-0.2, -0.15) is 0 Å². The van der Waals surface area contributed by atoms with E-state index >= 15 is 0 Å². The number of ether oxygens (including phenoxy) is 2. The van der Waals surface area contributed by atoms with Gasteiger partial charge in [-0.05, 0) is 17.7 Å². The summed E-state index contributed by atoms with van der Waals surface area (Å²) in [4.78, 5) is 11.0. The Morgan fingerprint density at radius 2 is 2.11 bits per heavy atom. The fourth-order valence-corrected chi connectivity index (χ4v) is 2.11. The predicted molar refractivity (Wildman–Crippen MR) is 63.8 cm³/mol. The second kappa shape index (κ2) is 5.93. The molecule has 18 heavy (non-hydrogen) atoms. The Bertz CT molecular complexity index is 407. The van der Waals surface area contributed by atoms with Crippen LogP contribution in [-0.2, 0) is 14.3 Å². The van der Waals surface area contributed by atoms with Crippen LogP contribution in [0, 0.1) is 5.82 Å². The molecule has 1 fully saturated rings. The number of rotatable bonds is 4. The van der Waals surface area contributed by atoms with Crippen molar-refractivity contribution in [3.63, 3.8) is 0 Å². The van der Waals surface area contributed by atoms with Crippen molar-refractivity contribution in [2.75, 3.05) is 26.8 Å². The first-order valence-corrected chi connectivity index (χ1v) is 5.85. The Labute approximate surface area is 105 Å². The molecule has 0 radical (unpaired) electrons. The molecule has 1 aliphatic rings. The van der Waals surface area contributed by atoms with E-state index in [1.54, 1.807) is 12.1 Å². The lowest BCUT2D eigenvalue weighted by molar-refractivity contribution is -0.147. The number of hydrogen-bond acceptors (Lipinski definition) is 4. The van der Waals surface area contributed by atoms with E-state index in [1.165, 1.54) is 19.2 Å². The predicted octanol–water partition coefficient (Wildman–Crippen LogP) is 1.07. The Balaban J connectivity index is 1.98. The molecule has 1 heterocycles. The average Bonchev–Trinajstić information content (AvgIpc) is 2.85. The Morgan fingerprint density at radius 1 is 1.39 bits per heavy atom. The van der Waals surface area contributed by atoms with Crippen LogP contribution >= 0.6 is 0 Å². The van der Waals surface area contributed by atoms with Gasteiger partial charge >= 0.3 is 5.97 Å². The molecule has 2 atom stereocenters. The Kier molecular flexibility index (Phi) is 4.28. The van der Waals surface area contributed by atoms with Crippen LogP contribution in [0.2, 0.25) is 0 Å². The molecule has 1 aliphatic heterocycles. The van der Waals surface area contributed by atoms with Crippen molar-refractivity contribution in [3.05, 3.63) is 35.6 Å². The molecular weight excluding hydrogens is 237 g/mol. The Morgan fingerprint density at radius 3 is 2.78 bits per heavy atom. The third-order valence-electron chi connectivity index (χ3n) is 3.10. The number of halogens is 1. The van der Waals surface area contributed by atoms with E-state index in [1.807, 2.05) is 0 Å². The summed E-state index contributed by atoms with van der Waals surface area (Å²) in [6.07, 6.45) is -0.0884. The van der Waals surface area contributed by atoms with E-state index in [0.29, 0.717) is 6.54 Å². The van der Waals surface area contributed by atoms with Gasteiger partial charge < -0.3 is 14.8 Å². The summed E-state index contributed by atoms with van der Waals surface area (Å²) < 4.78 is 22.9. The van der Waals surface area contributed by atoms with Crippen molar-refractivity contribution < 1.29 is 18.7 Å². The molecule has 4 nitrogen and oxygen atoms in total. The minimum atomic E-state index is -0.389. The number of carbonyl (C=O) groups excluding carboxylic acids is 1. The summed E-state index contributed by atoms with van der Waals surface area (Å²) in [6, 6.07) is 6.37. The molecule has 98 valence electrons. The molecule has 1 saturated heterocycles. The van der Waals surface area contributed by atoms with Crippen LogP contribution in [0.4, 0.5) is 4.39 Å². The zero-order valence-electron chi connectivity index (χ0n) is 10.2. The van der Waals surface area contributed by atoms with E-state index in [4.69, 9.17) is 4.74 Å². The third kappa shape index (κ3) is 3.05. The van der Waals surface area contributed by atoms with Gasteiger partial charge in [-0.1, -0.05) is 12.1 Å². The van der Waals surface area contributed by atoms with E-state index in [2.05, 4.69) is 10.1 Å². The maximum absolute atomic E-state index is 12.9. The van der Waals surface area contributed by atoms with Gasteiger partial charge in [-0.3, -0.25) is 0 Å². The van der Waals surface area contributed by atoms with Crippen molar-refractivity contribution >= 4 is 5.97 Å². The van der Waals surface area contributed by atoms with Crippen LogP contribution in [-0.4, -0.2) is 38.9 Å². The van der Waals surface area contributed by atoms with Crippen molar-refractivity contribution in [3.8, 4) is 0 Å². The van der Waals surface area contributed by atoms with Crippen LogP contribution in [0.3, 0.4) is 0 Å². The maximum Gasteiger partial charge on any atom is 0.331 e. The number of nitrogens with one attached hydrogen (secondary N) is 1. The molecule has 1 N–H and O–H groups in total. The number of hydrogen-bond donors (Lipinski definition) is 1. The average molecular weight is 253 g/mol. The highest BCUT2D eigenvalue weighted by molar-refractivity contribution is 5.70. The highest BCUT2D eigenvalue weighted by atomic mass is 19.1. The molecule has 0 unspecified atom stereocenters. The minimum absolute atomic E-state index is 0.0550. The summed E-state index contributed by atoms with van der Waals surface area (Å²) in [5.74, 6) is -0.508. The van der Waals surface area contributed by atoms with Gasteiger partial charge in [0.25, 0.3) is 0 Å². The summed E-state index contributed by atoms with van der Waals surface area (Å²) in [5, 5.41) is 3.21. The standard InChI is InChI=1S/C13H16FNO3/c1-17-13(16)8-18-12-7-15-6-11(12)9-2-4-10(14)5-3-9/h2-5,11-12,15H,6-8H2,1H3/t11-,12+/m0/s1. The molecular formula is C13H16FNO3.